The van der Waals surface area contributed by atoms with Crippen LogP contribution in [0.1, 0.15) is 37.3 Å². The van der Waals surface area contributed by atoms with Crippen LogP contribution in [0, 0.1) is 17.2 Å². The van der Waals surface area contributed by atoms with Crippen LogP contribution in [-0.4, -0.2) is 5.11 Å². The summed E-state index contributed by atoms with van der Waals surface area (Å²) in [7, 11) is 0. The molecule has 0 unspecified atom stereocenters. The number of nitrogens with zero attached hydrogens (tertiary/aromatic N) is 1. The van der Waals surface area contributed by atoms with Crippen LogP contribution < -0.4 is 0 Å². The van der Waals surface area contributed by atoms with Gasteiger partial charge in [0.2, 0.25) is 0 Å². The van der Waals surface area contributed by atoms with Crippen LogP contribution in [0.15, 0.2) is 24.3 Å². The van der Waals surface area contributed by atoms with Gasteiger partial charge in [0.25, 0.3) is 0 Å². The molecule has 1 aliphatic carbocycles. The van der Waals surface area contributed by atoms with Gasteiger partial charge in [-0.15, -0.1) is 0 Å². The van der Waals surface area contributed by atoms with Gasteiger partial charge in [-0.1, -0.05) is 19.1 Å². The van der Waals surface area contributed by atoms with E-state index in [0.717, 1.165) is 24.8 Å². The molecule has 2 nitrogen and oxygen atoms in total. The van der Waals surface area contributed by atoms with Crippen LogP contribution in [0.4, 0.5) is 0 Å². The van der Waals surface area contributed by atoms with Crippen LogP contribution in [0.25, 0.3) is 0 Å². The minimum Gasteiger partial charge on any atom is -0.385 e. The first-order valence-electron chi connectivity index (χ1n) is 5.37. The van der Waals surface area contributed by atoms with Gasteiger partial charge < -0.3 is 5.11 Å². The van der Waals surface area contributed by atoms with Crippen molar-refractivity contribution in [2.24, 2.45) is 5.92 Å². The van der Waals surface area contributed by atoms with Crippen LogP contribution in [0.5, 0.6) is 0 Å². The third-order valence-electron chi connectivity index (χ3n) is 3.29. The lowest BCUT2D eigenvalue weighted by molar-refractivity contribution is 0.0408. The van der Waals surface area contributed by atoms with Gasteiger partial charge in [-0.25, -0.2) is 0 Å². The topological polar surface area (TPSA) is 44.0 Å². The third-order valence-corrected chi connectivity index (χ3v) is 3.29. The molecule has 2 atom stereocenters. The molecule has 0 bridgehead atoms. The van der Waals surface area contributed by atoms with Crippen molar-refractivity contribution >= 4 is 0 Å². The predicted octanol–water partition coefficient (Wildman–Crippen LogP) is 2.57. The van der Waals surface area contributed by atoms with Crippen molar-refractivity contribution in [2.75, 3.05) is 0 Å². The summed E-state index contributed by atoms with van der Waals surface area (Å²) >= 11 is 0. The Morgan fingerprint density at radius 3 is 2.53 bits per heavy atom. The van der Waals surface area contributed by atoms with Crippen molar-refractivity contribution in [1.29, 1.82) is 5.26 Å². The van der Waals surface area contributed by atoms with E-state index in [1.165, 1.54) is 0 Å². The number of hydrogen-bond donors (Lipinski definition) is 1. The Balaban J connectivity index is 2.26. The van der Waals surface area contributed by atoms with Crippen molar-refractivity contribution in [3.63, 3.8) is 0 Å². The van der Waals surface area contributed by atoms with Crippen molar-refractivity contribution in [1.82, 2.24) is 0 Å². The largest absolute Gasteiger partial charge is 0.385 e. The highest BCUT2D eigenvalue weighted by Gasteiger charge is 2.36. The van der Waals surface area contributed by atoms with Crippen LogP contribution in [0.3, 0.4) is 0 Å². The summed E-state index contributed by atoms with van der Waals surface area (Å²) in [6.07, 6.45) is 2.75. The first-order valence-corrected chi connectivity index (χ1v) is 5.37. The highest BCUT2D eigenvalue weighted by Crippen LogP contribution is 2.41. The van der Waals surface area contributed by atoms with E-state index >= 15 is 0 Å². The van der Waals surface area contributed by atoms with E-state index in [1.807, 2.05) is 12.1 Å². The number of benzene rings is 1. The van der Waals surface area contributed by atoms with E-state index < -0.39 is 5.60 Å². The second-order valence-electron chi connectivity index (χ2n) is 4.57. The Morgan fingerprint density at radius 1 is 1.40 bits per heavy atom. The molecule has 0 radical (unpaired) electrons. The van der Waals surface area contributed by atoms with E-state index in [1.54, 1.807) is 12.1 Å². The highest BCUT2D eigenvalue weighted by molar-refractivity contribution is 5.34. The van der Waals surface area contributed by atoms with E-state index in [-0.39, 0.29) is 0 Å². The SMILES string of the molecule is C[C@@H]1CC[C@](O)(c2ccc(C#N)cc2)C1. The molecule has 1 aromatic rings. The number of hydrogen-bond acceptors (Lipinski definition) is 2. The summed E-state index contributed by atoms with van der Waals surface area (Å²) in [5, 5.41) is 19.1. The van der Waals surface area contributed by atoms with Gasteiger partial charge in [0.15, 0.2) is 0 Å². The molecule has 0 amide bonds. The van der Waals surface area contributed by atoms with E-state index in [4.69, 9.17) is 5.26 Å². The summed E-state index contributed by atoms with van der Waals surface area (Å²) in [6.45, 7) is 2.17. The maximum Gasteiger partial charge on any atom is 0.0991 e. The maximum atomic E-state index is 10.4. The summed E-state index contributed by atoms with van der Waals surface area (Å²) < 4.78 is 0. The molecule has 0 saturated heterocycles. The fraction of sp³-hybridized carbons (Fsp3) is 0.462. The lowest BCUT2D eigenvalue weighted by atomic mass is 9.91. The van der Waals surface area contributed by atoms with E-state index in [2.05, 4.69) is 13.0 Å². The lowest BCUT2D eigenvalue weighted by Crippen LogP contribution is -2.21. The quantitative estimate of drug-likeness (QED) is 0.758. The highest BCUT2D eigenvalue weighted by atomic mass is 16.3. The van der Waals surface area contributed by atoms with Gasteiger partial charge in [-0.2, -0.15) is 5.26 Å². The average molecular weight is 201 g/mol. The third kappa shape index (κ3) is 1.88. The summed E-state index contributed by atoms with van der Waals surface area (Å²) in [5.41, 5.74) is 0.937. The number of nitriles is 1. The molecule has 15 heavy (non-hydrogen) atoms. The smallest absolute Gasteiger partial charge is 0.0991 e. The molecular formula is C13H15NO. The van der Waals surface area contributed by atoms with Gasteiger partial charge in [0.1, 0.15) is 0 Å². The Hall–Kier alpha value is -1.33. The number of aliphatic hydroxyl groups is 1. The molecule has 0 aliphatic heterocycles. The van der Waals surface area contributed by atoms with Crippen molar-refractivity contribution < 1.29 is 5.11 Å². The van der Waals surface area contributed by atoms with Crippen molar-refractivity contribution in [3.8, 4) is 6.07 Å². The molecule has 2 rings (SSSR count). The molecule has 1 fully saturated rings. The lowest BCUT2D eigenvalue weighted by Gasteiger charge is -2.23. The minimum atomic E-state index is -0.659. The zero-order chi connectivity index (χ0) is 10.9. The first-order chi connectivity index (χ1) is 7.14. The Labute approximate surface area is 90.2 Å². The van der Waals surface area contributed by atoms with Crippen LogP contribution >= 0.6 is 0 Å². The standard InChI is InChI=1S/C13H15NO/c1-10-6-7-13(15,8-10)12-4-2-11(9-14)3-5-12/h2-5,10,15H,6-8H2,1H3/t10-,13-/m1/s1. The average Bonchev–Trinajstić information content (AvgIpc) is 2.60. The summed E-state index contributed by atoms with van der Waals surface area (Å²) in [5.74, 6) is 0.589. The normalized spacial score (nSPS) is 30.1. The van der Waals surface area contributed by atoms with Gasteiger partial charge in [0, 0.05) is 0 Å². The van der Waals surface area contributed by atoms with Crippen LogP contribution in [-0.2, 0) is 5.60 Å². The Kier molecular flexibility index (Phi) is 2.50. The van der Waals surface area contributed by atoms with Gasteiger partial charge in [0.05, 0.1) is 17.2 Å². The van der Waals surface area contributed by atoms with Crippen molar-refractivity contribution in [2.45, 2.75) is 31.8 Å². The fourth-order valence-electron chi connectivity index (χ4n) is 2.38. The fourth-order valence-corrected chi connectivity index (χ4v) is 2.38. The first kappa shape index (κ1) is 10.2. The predicted molar refractivity (Wildman–Crippen MR) is 58.1 cm³/mol. The minimum absolute atomic E-state index is 0.589. The second kappa shape index (κ2) is 3.67. The van der Waals surface area contributed by atoms with E-state index in [0.29, 0.717) is 11.5 Å². The molecule has 1 aromatic carbocycles. The van der Waals surface area contributed by atoms with Gasteiger partial charge >= 0.3 is 0 Å². The molecule has 0 heterocycles. The molecule has 1 N–H and O–H groups in total. The summed E-state index contributed by atoms with van der Waals surface area (Å²) in [4.78, 5) is 0. The molecule has 0 spiro atoms. The van der Waals surface area contributed by atoms with Crippen LogP contribution in [0.2, 0.25) is 0 Å². The zero-order valence-electron chi connectivity index (χ0n) is 8.90. The van der Waals surface area contributed by atoms with Crippen molar-refractivity contribution in [3.05, 3.63) is 35.4 Å². The molecule has 1 aliphatic rings. The van der Waals surface area contributed by atoms with E-state index in [9.17, 15) is 5.11 Å². The number of rotatable bonds is 1. The molecule has 0 aromatic heterocycles. The molecular weight excluding hydrogens is 186 g/mol. The Morgan fingerprint density at radius 2 is 2.07 bits per heavy atom. The molecule has 2 heteroatoms. The maximum absolute atomic E-state index is 10.4. The van der Waals surface area contributed by atoms with Gasteiger partial charge in [-0.3, -0.25) is 0 Å². The summed E-state index contributed by atoms with van der Waals surface area (Å²) in [6, 6.07) is 9.38. The molecule has 78 valence electrons. The Bertz CT molecular complexity index is 390. The second-order valence-corrected chi connectivity index (χ2v) is 4.57. The van der Waals surface area contributed by atoms with Gasteiger partial charge in [-0.05, 0) is 42.9 Å². The monoisotopic (exact) mass is 201 g/mol. The zero-order valence-corrected chi connectivity index (χ0v) is 8.90. The molecule has 1 saturated carbocycles.